The highest BCUT2D eigenvalue weighted by Crippen LogP contribution is 2.19. The highest BCUT2D eigenvalue weighted by atomic mass is 32.2. The van der Waals surface area contributed by atoms with Crippen LogP contribution in [0.2, 0.25) is 0 Å². The molecule has 1 aliphatic heterocycles. The van der Waals surface area contributed by atoms with Gasteiger partial charge in [-0.1, -0.05) is 28.8 Å². The first-order chi connectivity index (χ1) is 8.49. The van der Waals surface area contributed by atoms with E-state index in [1.165, 1.54) is 4.31 Å². The zero-order valence-electron chi connectivity index (χ0n) is 10.9. The largest absolute Gasteiger partial charge is 0.268 e. The third kappa shape index (κ3) is 2.53. The lowest BCUT2D eigenvalue weighted by Gasteiger charge is -2.27. The molecule has 96 valence electrons. The van der Waals surface area contributed by atoms with Gasteiger partial charge in [-0.25, -0.2) is 4.21 Å². The Morgan fingerprint density at radius 1 is 1.11 bits per heavy atom. The van der Waals surface area contributed by atoms with Gasteiger partial charge < -0.3 is 0 Å². The van der Waals surface area contributed by atoms with Crippen LogP contribution >= 0.6 is 0 Å². The van der Waals surface area contributed by atoms with Crippen LogP contribution < -0.4 is 0 Å². The van der Waals surface area contributed by atoms with E-state index >= 15 is 0 Å². The third-order valence-corrected chi connectivity index (χ3v) is 4.69. The quantitative estimate of drug-likeness (QED) is 0.730. The Labute approximate surface area is 110 Å². The molecule has 1 amide bonds. The van der Waals surface area contributed by atoms with Crippen molar-refractivity contribution >= 4 is 16.9 Å². The molecule has 1 aromatic carbocycles. The van der Waals surface area contributed by atoms with Crippen molar-refractivity contribution in [2.24, 2.45) is 0 Å². The predicted molar refractivity (Wildman–Crippen MR) is 73.6 cm³/mol. The van der Waals surface area contributed by atoms with E-state index in [9.17, 15) is 9.00 Å². The normalized spacial score (nSPS) is 20.2. The summed E-state index contributed by atoms with van der Waals surface area (Å²) < 4.78 is 13.5. The lowest BCUT2D eigenvalue weighted by Crippen LogP contribution is -2.39. The first kappa shape index (κ1) is 13.0. The summed E-state index contributed by atoms with van der Waals surface area (Å²) in [7, 11) is -1.24. The molecule has 1 aliphatic rings. The van der Waals surface area contributed by atoms with Crippen LogP contribution in [0.4, 0.5) is 0 Å². The molecule has 0 bridgehead atoms. The molecule has 2 rings (SSSR count). The Bertz CT molecular complexity index is 531. The molecular formula is C14H17NO2S. The molecule has 0 aliphatic carbocycles. The van der Waals surface area contributed by atoms with E-state index in [0.29, 0.717) is 17.9 Å². The van der Waals surface area contributed by atoms with Gasteiger partial charge in [0.1, 0.15) is 11.0 Å². The Kier molecular flexibility index (Phi) is 3.66. The summed E-state index contributed by atoms with van der Waals surface area (Å²) in [6.45, 7) is 6.40. The molecule has 0 radical (unpaired) electrons. The molecule has 1 atom stereocenters. The fraction of sp³-hybridized carbons (Fsp3) is 0.357. The van der Waals surface area contributed by atoms with Gasteiger partial charge in [-0.05, 0) is 32.9 Å². The summed E-state index contributed by atoms with van der Waals surface area (Å²) in [5, 5.41) is 0. The number of hydrogen-bond acceptors (Lipinski definition) is 2. The number of rotatable bonds is 1. The minimum atomic E-state index is -1.24. The maximum atomic E-state index is 12.3. The van der Waals surface area contributed by atoms with Crippen LogP contribution in [0.5, 0.6) is 0 Å². The molecule has 4 heteroatoms. The fourth-order valence-corrected chi connectivity index (χ4v) is 3.21. The highest BCUT2D eigenvalue weighted by Gasteiger charge is 2.26. The molecular weight excluding hydrogens is 246 g/mol. The molecule has 1 unspecified atom stereocenters. The average molecular weight is 263 g/mol. The van der Waals surface area contributed by atoms with E-state index in [1.807, 2.05) is 32.9 Å². The van der Waals surface area contributed by atoms with Gasteiger partial charge in [-0.2, -0.15) is 0 Å². The molecule has 0 aromatic heterocycles. The second-order valence-electron chi connectivity index (χ2n) is 4.73. The lowest BCUT2D eigenvalue weighted by atomic mass is 10.1. The molecule has 0 saturated heterocycles. The lowest BCUT2D eigenvalue weighted by molar-refractivity contribution is 0.0873. The number of hydrogen-bond donors (Lipinski definition) is 0. The minimum absolute atomic E-state index is 0.153. The fourth-order valence-electron chi connectivity index (χ4n) is 1.81. The first-order valence-electron chi connectivity index (χ1n) is 5.91. The van der Waals surface area contributed by atoms with Crippen LogP contribution in [0.3, 0.4) is 0 Å². The standard InChI is InChI=1S/C14H17NO2S/c1-10-4-6-13(7-5-10)14(16)15-8-11(2)12(3)9-18(15)17/h4-7H,8-9H2,1-3H3. The summed E-state index contributed by atoms with van der Waals surface area (Å²) in [6.07, 6.45) is 0. The van der Waals surface area contributed by atoms with E-state index in [2.05, 4.69) is 0 Å². The van der Waals surface area contributed by atoms with Crippen molar-refractivity contribution in [3.63, 3.8) is 0 Å². The van der Waals surface area contributed by atoms with Crippen LogP contribution in [0.1, 0.15) is 29.8 Å². The SMILES string of the molecule is CC1=C(C)CS(=O)N(C(=O)c2ccc(C)cc2)C1. The Morgan fingerprint density at radius 3 is 2.33 bits per heavy atom. The molecule has 0 fully saturated rings. The molecule has 3 nitrogen and oxygen atoms in total. The van der Waals surface area contributed by atoms with Crippen LogP contribution in [0.25, 0.3) is 0 Å². The van der Waals surface area contributed by atoms with Gasteiger partial charge in [-0.15, -0.1) is 0 Å². The van der Waals surface area contributed by atoms with Gasteiger partial charge in [0.25, 0.3) is 5.91 Å². The summed E-state index contributed by atoms with van der Waals surface area (Å²) in [5.41, 5.74) is 3.97. The number of nitrogens with zero attached hydrogens (tertiary/aromatic N) is 1. The Hall–Kier alpha value is -1.42. The van der Waals surface area contributed by atoms with Crippen molar-refractivity contribution in [1.29, 1.82) is 0 Å². The maximum absolute atomic E-state index is 12.3. The van der Waals surface area contributed by atoms with Crippen molar-refractivity contribution in [3.05, 3.63) is 46.5 Å². The second-order valence-corrected chi connectivity index (χ2v) is 6.11. The molecule has 0 saturated carbocycles. The Balaban J connectivity index is 2.25. The molecule has 0 N–H and O–H groups in total. The molecule has 0 spiro atoms. The van der Waals surface area contributed by atoms with Gasteiger partial charge in [0.15, 0.2) is 0 Å². The van der Waals surface area contributed by atoms with Crippen molar-refractivity contribution in [2.75, 3.05) is 12.3 Å². The summed E-state index contributed by atoms with van der Waals surface area (Å²) in [5.74, 6) is 0.309. The van der Waals surface area contributed by atoms with E-state index in [0.717, 1.165) is 16.7 Å². The number of carbonyl (C=O) groups is 1. The van der Waals surface area contributed by atoms with E-state index in [-0.39, 0.29) is 5.91 Å². The number of benzene rings is 1. The van der Waals surface area contributed by atoms with Gasteiger partial charge in [0, 0.05) is 5.56 Å². The monoisotopic (exact) mass is 263 g/mol. The van der Waals surface area contributed by atoms with Crippen LogP contribution in [0, 0.1) is 6.92 Å². The second kappa shape index (κ2) is 5.06. The zero-order valence-corrected chi connectivity index (χ0v) is 11.7. The highest BCUT2D eigenvalue weighted by molar-refractivity contribution is 7.83. The van der Waals surface area contributed by atoms with Gasteiger partial charge >= 0.3 is 0 Å². The van der Waals surface area contributed by atoms with Crippen molar-refractivity contribution in [2.45, 2.75) is 20.8 Å². The predicted octanol–water partition coefficient (Wildman–Crippen LogP) is 2.45. The van der Waals surface area contributed by atoms with Gasteiger partial charge in [0.05, 0.1) is 12.3 Å². The molecule has 18 heavy (non-hydrogen) atoms. The Morgan fingerprint density at radius 2 is 1.72 bits per heavy atom. The summed E-state index contributed by atoms with van der Waals surface area (Å²) in [6, 6.07) is 7.37. The molecule has 1 heterocycles. The number of carbonyl (C=O) groups excluding carboxylic acids is 1. The number of amides is 1. The minimum Gasteiger partial charge on any atom is -0.268 e. The van der Waals surface area contributed by atoms with Crippen LogP contribution in [0.15, 0.2) is 35.4 Å². The summed E-state index contributed by atoms with van der Waals surface area (Å²) in [4.78, 5) is 12.3. The zero-order chi connectivity index (χ0) is 13.3. The van der Waals surface area contributed by atoms with Crippen molar-refractivity contribution in [1.82, 2.24) is 4.31 Å². The van der Waals surface area contributed by atoms with E-state index in [1.54, 1.807) is 12.1 Å². The van der Waals surface area contributed by atoms with E-state index in [4.69, 9.17) is 0 Å². The topological polar surface area (TPSA) is 37.4 Å². The van der Waals surface area contributed by atoms with Crippen molar-refractivity contribution in [3.8, 4) is 0 Å². The van der Waals surface area contributed by atoms with Crippen LogP contribution in [-0.2, 0) is 11.0 Å². The average Bonchev–Trinajstić information content (AvgIpc) is 2.34. The maximum Gasteiger partial charge on any atom is 0.265 e. The summed E-state index contributed by atoms with van der Waals surface area (Å²) >= 11 is 0. The number of aryl methyl sites for hydroxylation is 1. The van der Waals surface area contributed by atoms with Crippen LogP contribution in [-0.4, -0.2) is 26.7 Å². The van der Waals surface area contributed by atoms with Crippen molar-refractivity contribution < 1.29 is 9.00 Å². The first-order valence-corrected chi connectivity index (χ1v) is 7.19. The third-order valence-electron chi connectivity index (χ3n) is 3.22. The van der Waals surface area contributed by atoms with Gasteiger partial charge in [0.2, 0.25) is 0 Å². The molecule has 1 aromatic rings. The smallest absolute Gasteiger partial charge is 0.265 e. The van der Waals surface area contributed by atoms with E-state index < -0.39 is 11.0 Å². The van der Waals surface area contributed by atoms with Gasteiger partial charge in [-0.3, -0.25) is 9.10 Å².